The number of aryl methyl sites for hydroxylation is 1. The predicted molar refractivity (Wildman–Crippen MR) is 75.4 cm³/mol. The van der Waals surface area contributed by atoms with Crippen molar-refractivity contribution < 1.29 is 4.79 Å². The van der Waals surface area contributed by atoms with Crippen molar-refractivity contribution >= 4 is 22.4 Å². The van der Waals surface area contributed by atoms with E-state index in [4.69, 9.17) is 0 Å². The van der Waals surface area contributed by atoms with Crippen LogP contribution in [-0.2, 0) is 7.05 Å². The molecule has 0 aromatic carbocycles. The number of hydrogen-bond donors (Lipinski definition) is 2. The van der Waals surface area contributed by atoms with Gasteiger partial charge in [-0.25, -0.2) is 9.97 Å². The maximum absolute atomic E-state index is 11.9. The highest BCUT2D eigenvalue weighted by Crippen LogP contribution is 2.20. The number of thiazole rings is 1. The normalized spacial score (nSPS) is 12.4. The van der Waals surface area contributed by atoms with E-state index in [1.54, 1.807) is 17.1 Å². The summed E-state index contributed by atoms with van der Waals surface area (Å²) in [5.74, 6) is -0.238. The number of hydrogen-bond acceptors (Lipinski definition) is 5. The summed E-state index contributed by atoms with van der Waals surface area (Å²) in [5.41, 5.74) is 1.32. The molecule has 0 spiro atoms. The second-order valence-corrected chi connectivity index (χ2v) is 5.09. The number of amides is 1. The van der Waals surface area contributed by atoms with Crippen molar-refractivity contribution in [2.24, 2.45) is 7.05 Å². The molecule has 102 valence electrons. The monoisotopic (exact) mass is 279 g/mol. The van der Waals surface area contributed by atoms with Gasteiger partial charge in [0.2, 0.25) is 0 Å². The zero-order valence-electron chi connectivity index (χ0n) is 11.2. The fraction of sp³-hybridized carbons (Fsp3) is 0.417. The number of nitrogens with zero attached hydrogens (tertiary/aromatic N) is 3. The molecule has 0 saturated heterocycles. The minimum atomic E-state index is -0.238. The van der Waals surface area contributed by atoms with E-state index in [-0.39, 0.29) is 11.9 Å². The third-order valence-electron chi connectivity index (χ3n) is 2.63. The predicted octanol–water partition coefficient (Wildman–Crippen LogP) is 1.80. The van der Waals surface area contributed by atoms with Crippen molar-refractivity contribution in [1.29, 1.82) is 0 Å². The van der Waals surface area contributed by atoms with E-state index in [1.807, 2.05) is 26.3 Å². The van der Waals surface area contributed by atoms with Crippen LogP contribution in [0.2, 0.25) is 0 Å². The Bertz CT molecular complexity index is 562. The largest absolute Gasteiger partial charge is 0.340 e. The van der Waals surface area contributed by atoms with Gasteiger partial charge >= 0.3 is 0 Å². The Labute approximate surface area is 115 Å². The van der Waals surface area contributed by atoms with Crippen molar-refractivity contribution in [2.45, 2.75) is 19.9 Å². The molecule has 0 saturated carbocycles. The first-order valence-electron chi connectivity index (χ1n) is 6.08. The SMILES string of the molecule is CCNC(C)c1csc(NC(=O)c2cn(C)cn2)n1. The van der Waals surface area contributed by atoms with E-state index in [0.29, 0.717) is 10.8 Å². The topological polar surface area (TPSA) is 71.8 Å². The van der Waals surface area contributed by atoms with Crippen LogP contribution < -0.4 is 10.6 Å². The van der Waals surface area contributed by atoms with E-state index in [2.05, 4.69) is 20.6 Å². The molecule has 2 heterocycles. The fourth-order valence-corrected chi connectivity index (χ4v) is 2.44. The molecule has 6 nitrogen and oxygen atoms in total. The molecule has 0 radical (unpaired) electrons. The van der Waals surface area contributed by atoms with Crippen LogP contribution in [0.4, 0.5) is 5.13 Å². The van der Waals surface area contributed by atoms with Crippen molar-refractivity contribution in [3.63, 3.8) is 0 Å². The summed E-state index contributed by atoms with van der Waals surface area (Å²) < 4.78 is 1.73. The van der Waals surface area contributed by atoms with Crippen LogP contribution >= 0.6 is 11.3 Å². The van der Waals surface area contributed by atoms with Gasteiger partial charge in [0.15, 0.2) is 5.13 Å². The molecule has 2 rings (SSSR count). The zero-order chi connectivity index (χ0) is 13.8. The van der Waals surface area contributed by atoms with Crippen molar-refractivity contribution in [3.05, 3.63) is 29.3 Å². The number of carbonyl (C=O) groups is 1. The van der Waals surface area contributed by atoms with Crippen LogP contribution in [0.25, 0.3) is 0 Å². The average molecular weight is 279 g/mol. The Balaban J connectivity index is 2.02. The molecular formula is C12H17N5OS. The maximum atomic E-state index is 11.9. The molecule has 0 bridgehead atoms. The van der Waals surface area contributed by atoms with Gasteiger partial charge in [-0.1, -0.05) is 6.92 Å². The third kappa shape index (κ3) is 3.39. The molecule has 1 amide bonds. The zero-order valence-corrected chi connectivity index (χ0v) is 12.0. The highest BCUT2D eigenvalue weighted by atomic mass is 32.1. The molecule has 0 aliphatic carbocycles. The summed E-state index contributed by atoms with van der Waals surface area (Å²) in [6.45, 7) is 4.98. The minimum Gasteiger partial charge on any atom is -0.340 e. The Kier molecular flexibility index (Phi) is 4.28. The lowest BCUT2D eigenvalue weighted by Crippen LogP contribution is -2.18. The van der Waals surface area contributed by atoms with Crippen LogP contribution in [0.15, 0.2) is 17.9 Å². The van der Waals surface area contributed by atoms with E-state index in [9.17, 15) is 4.79 Å². The van der Waals surface area contributed by atoms with E-state index >= 15 is 0 Å². The van der Waals surface area contributed by atoms with Gasteiger partial charge in [0.25, 0.3) is 5.91 Å². The number of anilines is 1. The molecule has 0 aliphatic rings. The number of aromatic nitrogens is 3. The van der Waals surface area contributed by atoms with Gasteiger partial charge < -0.3 is 9.88 Å². The highest BCUT2D eigenvalue weighted by molar-refractivity contribution is 7.14. The molecule has 2 N–H and O–H groups in total. The lowest BCUT2D eigenvalue weighted by Gasteiger charge is -2.08. The van der Waals surface area contributed by atoms with Gasteiger partial charge in [-0.15, -0.1) is 11.3 Å². The van der Waals surface area contributed by atoms with Gasteiger partial charge in [-0.3, -0.25) is 10.1 Å². The molecule has 19 heavy (non-hydrogen) atoms. The van der Waals surface area contributed by atoms with E-state index in [1.165, 1.54) is 11.3 Å². The molecule has 2 aromatic rings. The third-order valence-corrected chi connectivity index (χ3v) is 3.41. The first kappa shape index (κ1) is 13.7. The van der Waals surface area contributed by atoms with Gasteiger partial charge in [-0.05, 0) is 13.5 Å². The summed E-state index contributed by atoms with van der Waals surface area (Å²) in [4.78, 5) is 20.3. The van der Waals surface area contributed by atoms with Gasteiger partial charge in [0, 0.05) is 24.7 Å². The molecular weight excluding hydrogens is 262 g/mol. The first-order chi connectivity index (χ1) is 9.10. The molecule has 0 aliphatic heterocycles. The smallest absolute Gasteiger partial charge is 0.277 e. The lowest BCUT2D eigenvalue weighted by atomic mass is 10.3. The quantitative estimate of drug-likeness (QED) is 0.875. The average Bonchev–Trinajstić information content (AvgIpc) is 2.98. The van der Waals surface area contributed by atoms with Gasteiger partial charge in [0.05, 0.1) is 12.0 Å². The Hall–Kier alpha value is -1.73. The second-order valence-electron chi connectivity index (χ2n) is 4.24. The number of imidazole rings is 1. The number of nitrogens with one attached hydrogen (secondary N) is 2. The lowest BCUT2D eigenvalue weighted by molar-refractivity contribution is 0.102. The van der Waals surface area contributed by atoms with Crippen LogP contribution in [0, 0.1) is 0 Å². The van der Waals surface area contributed by atoms with Crippen LogP contribution in [-0.4, -0.2) is 27.0 Å². The van der Waals surface area contributed by atoms with Crippen molar-refractivity contribution in [3.8, 4) is 0 Å². The van der Waals surface area contributed by atoms with Gasteiger partial charge in [-0.2, -0.15) is 0 Å². The molecule has 0 fully saturated rings. The Morgan fingerprint density at radius 1 is 1.58 bits per heavy atom. The molecule has 7 heteroatoms. The van der Waals surface area contributed by atoms with Crippen molar-refractivity contribution in [2.75, 3.05) is 11.9 Å². The van der Waals surface area contributed by atoms with Crippen LogP contribution in [0.1, 0.15) is 36.1 Å². The number of rotatable bonds is 5. The summed E-state index contributed by atoms with van der Waals surface area (Å²) >= 11 is 1.42. The minimum absolute atomic E-state index is 0.182. The first-order valence-corrected chi connectivity index (χ1v) is 6.96. The van der Waals surface area contributed by atoms with E-state index < -0.39 is 0 Å². The Morgan fingerprint density at radius 3 is 3.00 bits per heavy atom. The number of carbonyl (C=O) groups excluding carboxylic acids is 1. The Morgan fingerprint density at radius 2 is 2.37 bits per heavy atom. The van der Waals surface area contributed by atoms with Crippen LogP contribution in [0.5, 0.6) is 0 Å². The molecule has 1 unspecified atom stereocenters. The van der Waals surface area contributed by atoms with Gasteiger partial charge in [0.1, 0.15) is 5.69 Å². The molecule has 2 aromatic heterocycles. The summed E-state index contributed by atoms with van der Waals surface area (Å²) in [5, 5.41) is 8.57. The van der Waals surface area contributed by atoms with Crippen LogP contribution in [0.3, 0.4) is 0 Å². The summed E-state index contributed by atoms with van der Waals surface area (Å²) in [6.07, 6.45) is 3.26. The molecule has 1 atom stereocenters. The summed E-state index contributed by atoms with van der Waals surface area (Å²) in [6, 6.07) is 0.182. The van der Waals surface area contributed by atoms with E-state index in [0.717, 1.165) is 12.2 Å². The standard InChI is InChI=1S/C12H17N5OS/c1-4-13-8(2)10-6-19-12(15-10)16-11(18)9-5-17(3)7-14-9/h5-8,13H,4H2,1-3H3,(H,15,16,18). The van der Waals surface area contributed by atoms with Crippen molar-refractivity contribution in [1.82, 2.24) is 19.9 Å². The summed E-state index contributed by atoms with van der Waals surface area (Å²) in [7, 11) is 1.82. The second kappa shape index (κ2) is 5.94. The fourth-order valence-electron chi connectivity index (χ4n) is 1.64. The highest BCUT2D eigenvalue weighted by Gasteiger charge is 2.13. The maximum Gasteiger partial charge on any atom is 0.277 e.